The minimum atomic E-state index is -0.568. The van der Waals surface area contributed by atoms with Crippen LogP contribution in [-0.2, 0) is 6.61 Å². The molecule has 0 saturated carbocycles. The van der Waals surface area contributed by atoms with Gasteiger partial charge in [0.1, 0.15) is 18.1 Å². The summed E-state index contributed by atoms with van der Waals surface area (Å²) in [6, 6.07) is 6.60. The fourth-order valence-corrected chi connectivity index (χ4v) is 1.58. The Morgan fingerprint density at radius 1 is 1.45 bits per heavy atom. The molecule has 8 nitrogen and oxygen atoms in total. The van der Waals surface area contributed by atoms with Gasteiger partial charge in [-0.2, -0.15) is 0 Å². The second-order valence-electron chi connectivity index (χ2n) is 4.01. The van der Waals surface area contributed by atoms with Crippen LogP contribution in [0.4, 0.5) is 11.6 Å². The Hall–Kier alpha value is -2.74. The molecule has 0 bridgehead atoms. The Morgan fingerprint density at radius 3 is 2.95 bits per heavy atom. The molecule has 0 atom stereocenters. The Balaban J connectivity index is 2.16. The van der Waals surface area contributed by atoms with E-state index in [1.165, 1.54) is 6.07 Å². The fourth-order valence-electron chi connectivity index (χ4n) is 1.58. The number of nitrogen functional groups attached to an aromatic ring is 1. The van der Waals surface area contributed by atoms with Gasteiger partial charge in [-0.25, -0.2) is 10.8 Å². The summed E-state index contributed by atoms with van der Waals surface area (Å²) in [5, 5.41) is 10.9. The average Bonchev–Trinajstić information content (AvgIpc) is 2.46. The number of hydrogen-bond acceptors (Lipinski definition) is 7. The van der Waals surface area contributed by atoms with Crippen molar-refractivity contribution in [2.24, 2.45) is 5.84 Å². The van der Waals surface area contributed by atoms with Crippen molar-refractivity contribution in [2.75, 3.05) is 5.43 Å². The third-order valence-electron chi connectivity index (χ3n) is 2.52. The van der Waals surface area contributed by atoms with Crippen LogP contribution in [-0.4, -0.2) is 14.9 Å². The summed E-state index contributed by atoms with van der Waals surface area (Å²) in [6.07, 6.45) is 1.57. The van der Waals surface area contributed by atoms with Gasteiger partial charge < -0.3 is 20.3 Å². The zero-order valence-electron chi connectivity index (χ0n) is 10.7. The number of nitrogens with one attached hydrogen (secondary N) is 1. The Morgan fingerprint density at radius 2 is 2.25 bits per heavy atom. The predicted octanol–water partition coefficient (Wildman–Crippen LogP) is 1.56. The van der Waals surface area contributed by atoms with Crippen molar-refractivity contribution in [1.29, 1.82) is 0 Å². The highest BCUT2D eigenvalue weighted by molar-refractivity contribution is 5.41. The number of nitrogens with two attached hydrogens (primary N) is 1. The van der Waals surface area contributed by atoms with E-state index in [4.69, 9.17) is 10.6 Å². The summed E-state index contributed by atoms with van der Waals surface area (Å²) in [7, 11) is 0. The highest BCUT2D eigenvalue weighted by atomic mass is 16.6. The molecule has 0 unspecified atom stereocenters. The molecule has 0 spiro atoms. The lowest BCUT2D eigenvalue weighted by Crippen LogP contribution is -2.09. The first-order valence-electron chi connectivity index (χ1n) is 5.76. The lowest BCUT2D eigenvalue weighted by atomic mass is 10.3. The SMILES string of the molecule is Cc1ccc(OCc2ccnc(NN)c2)c([N+](=O)[O-])n1. The molecule has 0 amide bonds. The molecule has 2 rings (SSSR count). The number of hydrazine groups is 1. The number of nitro groups is 1. The van der Waals surface area contributed by atoms with Crippen molar-refractivity contribution < 1.29 is 9.66 Å². The Kier molecular flexibility index (Phi) is 4.06. The lowest BCUT2D eigenvalue weighted by Gasteiger charge is -2.07. The van der Waals surface area contributed by atoms with E-state index in [-0.39, 0.29) is 18.2 Å². The summed E-state index contributed by atoms with van der Waals surface area (Å²) in [6.45, 7) is 1.83. The van der Waals surface area contributed by atoms with Crippen molar-refractivity contribution in [1.82, 2.24) is 9.97 Å². The zero-order chi connectivity index (χ0) is 14.5. The molecule has 2 aromatic heterocycles. The van der Waals surface area contributed by atoms with E-state index in [2.05, 4.69) is 15.4 Å². The minimum Gasteiger partial charge on any atom is -0.481 e. The number of aromatic nitrogens is 2. The topological polar surface area (TPSA) is 116 Å². The fraction of sp³-hybridized carbons (Fsp3) is 0.167. The lowest BCUT2D eigenvalue weighted by molar-refractivity contribution is -0.390. The van der Waals surface area contributed by atoms with Crippen LogP contribution in [0.15, 0.2) is 30.5 Å². The van der Waals surface area contributed by atoms with Crippen LogP contribution in [0, 0.1) is 17.0 Å². The van der Waals surface area contributed by atoms with Crippen molar-refractivity contribution >= 4 is 11.6 Å². The van der Waals surface area contributed by atoms with Crippen LogP contribution in [0.1, 0.15) is 11.3 Å². The van der Waals surface area contributed by atoms with Gasteiger partial charge >= 0.3 is 5.82 Å². The first-order valence-corrected chi connectivity index (χ1v) is 5.76. The first-order chi connectivity index (χ1) is 9.60. The number of ether oxygens (including phenoxy) is 1. The Bertz CT molecular complexity index is 632. The van der Waals surface area contributed by atoms with Crippen LogP contribution in [0.5, 0.6) is 5.75 Å². The monoisotopic (exact) mass is 275 g/mol. The van der Waals surface area contributed by atoms with Crippen molar-refractivity contribution in [3.05, 3.63) is 51.8 Å². The molecule has 0 radical (unpaired) electrons. The van der Waals surface area contributed by atoms with Gasteiger partial charge in [0.2, 0.25) is 5.75 Å². The molecule has 0 aliphatic rings. The van der Waals surface area contributed by atoms with E-state index in [0.29, 0.717) is 11.5 Å². The molecular formula is C12H13N5O3. The predicted molar refractivity (Wildman–Crippen MR) is 72.0 cm³/mol. The second-order valence-corrected chi connectivity index (χ2v) is 4.01. The molecule has 2 heterocycles. The van der Waals surface area contributed by atoms with Gasteiger partial charge in [-0.1, -0.05) is 0 Å². The highest BCUT2D eigenvalue weighted by Crippen LogP contribution is 2.25. The van der Waals surface area contributed by atoms with Crippen LogP contribution >= 0.6 is 0 Å². The summed E-state index contributed by atoms with van der Waals surface area (Å²) in [5.41, 5.74) is 3.75. The number of anilines is 1. The molecule has 2 aromatic rings. The summed E-state index contributed by atoms with van der Waals surface area (Å²) >= 11 is 0. The number of aryl methyl sites for hydroxylation is 1. The van der Waals surface area contributed by atoms with Crippen molar-refractivity contribution in [3.8, 4) is 5.75 Å². The van der Waals surface area contributed by atoms with Crippen molar-refractivity contribution in [2.45, 2.75) is 13.5 Å². The maximum absolute atomic E-state index is 10.9. The molecule has 8 heteroatoms. The number of pyridine rings is 2. The van der Waals surface area contributed by atoms with E-state index in [0.717, 1.165) is 5.56 Å². The average molecular weight is 275 g/mol. The summed E-state index contributed by atoms with van der Waals surface area (Å²) in [5.74, 6) is 5.57. The van der Waals surface area contributed by atoms with Gasteiger partial charge in [0.05, 0.1) is 0 Å². The van der Waals surface area contributed by atoms with E-state index in [9.17, 15) is 10.1 Å². The van der Waals surface area contributed by atoms with Gasteiger partial charge in [0.25, 0.3) is 0 Å². The van der Waals surface area contributed by atoms with Crippen LogP contribution in [0.25, 0.3) is 0 Å². The largest absolute Gasteiger partial charge is 0.481 e. The first kappa shape index (κ1) is 13.7. The Labute approximate surface area is 114 Å². The number of rotatable bonds is 5. The molecule has 0 saturated heterocycles. The summed E-state index contributed by atoms with van der Waals surface area (Å²) < 4.78 is 5.44. The maximum atomic E-state index is 10.9. The molecule has 0 aliphatic carbocycles. The quantitative estimate of drug-likeness (QED) is 0.483. The third kappa shape index (κ3) is 3.18. The van der Waals surface area contributed by atoms with Gasteiger partial charge in [-0.15, -0.1) is 0 Å². The van der Waals surface area contributed by atoms with E-state index in [1.54, 1.807) is 31.3 Å². The maximum Gasteiger partial charge on any atom is 0.406 e. The zero-order valence-corrected chi connectivity index (χ0v) is 10.7. The third-order valence-corrected chi connectivity index (χ3v) is 2.52. The molecule has 104 valence electrons. The van der Waals surface area contributed by atoms with E-state index in [1.807, 2.05) is 0 Å². The van der Waals surface area contributed by atoms with Crippen LogP contribution in [0.3, 0.4) is 0 Å². The normalized spacial score (nSPS) is 10.1. The van der Waals surface area contributed by atoms with Gasteiger partial charge in [-0.3, -0.25) is 0 Å². The molecule has 0 aliphatic heterocycles. The standard InChI is InChI=1S/C12H13N5O3/c1-8-2-3-10(12(15-8)17(18)19)20-7-9-4-5-14-11(6-9)16-13/h2-6H,7,13H2,1H3,(H,14,16). The van der Waals surface area contributed by atoms with Gasteiger partial charge in [0, 0.05) is 13.1 Å². The molecule has 20 heavy (non-hydrogen) atoms. The number of nitrogens with zero attached hydrogens (tertiary/aromatic N) is 3. The van der Waals surface area contributed by atoms with Gasteiger partial charge in [0.15, 0.2) is 0 Å². The minimum absolute atomic E-state index is 0.125. The highest BCUT2D eigenvalue weighted by Gasteiger charge is 2.17. The van der Waals surface area contributed by atoms with Gasteiger partial charge in [-0.05, 0) is 39.7 Å². The van der Waals surface area contributed by atoms with Crippen molar-refractivity contribution in [3.63, 3.8) is 0 Å². The van der Waals surface area contributed by atoms with Crippen LogP contribution in [0.2, 0.25) is 0 Å². The van der Waals surface area contributed by atoms with E-state index >= 15 is 0 Å². The molecular weight excluding hydrogens is 262 g/mol. The molecule has 3 N–H and O–H groups in total. The number of hydrogen-bond donors (Lipinski definition) is 2. The van der Waals surface area contributed by atoms with Crippen LogP contribution < -0.4 is 16.0 Å². The molecule has 0 aromatic carbocycles. The van der Waals surface area contributed by atoms with E-state index < -0.39 is 4.92 Å². The summed E-state index contributed by atoms with van der Waals surface area (Å²) in [4.78, 5) is 18.2. The molecule has 0 fully saturated rings. The smallest absolute Gasteiger partial charge is 0.406 e. The second kappa shape index (κ2) is 5.93.